The number of hydrogen-bond acceptors (Lipinski definition) is 37. The molecule has 0 aliphatic carbocycles. The lowest BCUT2D eigenvalue weighted by atomic mass is 9.93. The Morgan fingerprint density at radius 2 is 0.726 bits per heavy atom. The minimum atomic E-state index is -2.30. The van der Waals surface area contributed by atoms with Crippen LogP contribution in [-0.2, 0) is 80.7 Å². The minimum absolute atomic E-state index is 0.481. The fourth-order valence-corrected chi connectivity index (χ4v) is 13.8. The highest BCUT2D eigenvalue weighted by molar-refractivity contribution is 5.74. The fourth-order valence-electron chi connectivity index (χ4n) is 13.8. The first-order valence-corrected chi connectivity index (χ1v) is 36.3. The molecule has 616 valence electrons. The second kappa shape index (κ2) is 43.2. The van der Waals surface area contributed by atoms with Crippen LogP contribution >= 0.6 is 0 Å². The molecule has 7 aliphatic rings. The maximum Gasteiger partial charge on any atom is 0.217 e. The Morgan fingerprint density at radius 1 is 0.368 bits per heavy atom. The molecule has 0 aromatic heterocycles. The molecule has 7 rings (SSSR count). The summed E-state index contributed by atoms with van der Waals surface area (Å²) in [6, 6.07) is -4.80. The summed E-state index contributed by atoms with van der Waals surface area (Å²) in [5.74, 6) is -2.31. The second-order valence-corrected chi connectivity index (χ2v) is 27.9. The third-order valence-corrected chi connectivity index (χ3v) is 19.8. The van der Waals surface area contributed by atoms with E-state index in [1.807, 2.05) is 0 Å². The van der Waals surface area contributed by atoms with Crippen molar-refractivity contribution in [3.8, 4) is 0 Å². The zero-order valence-corrected chi connectivity index (χ0v) is 59.8. The summed E-state index contributed by atoms with van der Waals surface area (Å²) in [5.41, 5.74) is 0. The van der Waals surface area contributed by atoms with Crippen LogP contribution in [0, 0.1) is 0 Å². The summed E-state index contributed by atoms with van der Waals surface area (Å²) in [4.78, 5) is 38.0. The number of amides is 3. The van der Waals surface area contributed by atoms with E-state index in [0.29, 0.717) is 6.42 Å². The average Bonchev–Trinajstić information content (AvgIpc) is 0.777. The molecule has 40 heteroatoms. The predicted octanol–water partition coefficient (Wildman–Crippen LogP) is -9.81. The number of nitrogens with one attached hydrogen (secondary N) is 3. The number of unbranched alkanes of at least 4 members (excludes halogenated alkanes) is 11. The van der Waals surface area contributed by atoms with Gasteiger partial charge >= 0.3 is 0 Å². The van der Waals surface area contributed by atoms with Crippen molar-refractivity contribution in [1.29, 1.82) is 0 Å². The normalized spacial score (nSPS) is 43.0. The Balaban J connectivity index is 1.01. The van der Waals surface area contributed by atoms with Gasteiger partial charge in [0, 0.05) is 20.8 Å². The first-order valence-electron chi connectivity index (χ1n) is 36.3. The monoisotopic (exact) mass is 1540 g/mol. The molecule has 0 unspecified atom stereocenters. The Bertz CT molecular complexity index is 2620. The molecule has 0 aromatic carbocycles. The predicted molar refractivity (Wildman–Crippen MR) is 351 cm³/mol. The van der Waals surface area contributed by atoms with Gasteiger partial charge in [0.1, 0.15) is 165 Å². The molecule has 7 aliphatic heterocycles. The van der Waals surface area contributed by atoms with Crippen molar-refractivity contribution >= 4 is 17.7 Å². The molecule has 0 bridgehead atoms. The van der Waals surface area contributed by atoms with Crippen LogP contribution < -0.4 is 16.0 Å². The molecule has 106 heavy (non-hydrogen) atoms. The molecule has 37 atom stereocenters. The lowest BCUT2D eigenvalue weighted by Crippen LogP contribution is -2.71. The molecular formula is C66H115N3O37. The van der Waals surface area contributed by atoms with Crippen molar-refractivity contribution in [2.45, 2.75) is 339 Å². The van der Waals surface area contributed by atoms with E-state index in [1.54, 1.807) is 6.08 Å². The summed E-state index contributed by atoms with van der Waals surface area (Å²) >= 11 is 0. The molecule has 7 saturated heterocycles. The standard InChI is InChI=1S/C66H115N3O37/c1-6-7-8-9-10-11-12-13-14-15-16-17-18-19-32(79)31(67-28(3)76)26-93-62-51(90)49(88)56(38(25-75)100-62)102-65-53(92)58(44(83)35(22-72)96-65)105-60-39(68-29(4)77)45(84)54(36(23-73)98-60)101-64-52(91)57(43(82)34(21-71)95-64)104-61-40(69-30(5)78)46(85)55(37(24-74)99-61)103-66-59(48(87)42(81)33(20-70)97-66)106-63-50(89)47(86)41(80)27(2)94-63/h18-19,27,31-66,70-75,79-92H,6-17,20-26H2,1-5H3,(H,67,76)(H,68,77)(H,69,78)/b19-18-/t27-,31-,32+,33+,34+,35+,36+,37+,38+,39+,40+,41+,42-,43-,44-,45+,46+,47+,48-,49+,50-,51+,52+,53+,54+,55+,56+,57-,58-,59+,60-,61-,62+,63-,64-,65-,66-/m0/s1. The van der Waals surface area contributed by atoms with Gasteiger partial charge in [-0.15, -0.1) is 0 Å². The number of carbonyl (C=O) groups excluding carboxylic acids is 3. The molecule has 0 aromatic rings. The van der Waals surface area contributed by atoms with E-state index in [0.717, 1.165) is 39.5 Å². The minimum Gasteiger partial charge on any atom is -0.394 e. The van der Waals surface area contributed by atoms with Crippen LogP contribution in [0.4, 0.5) is 0 Å². The van der Waals surface area contributed by atoms with E-state index in [9.17, 15) is 117 Å². The number of aliphatic hydroxyl groups excluding tert-OH is 20. The number of rotatable bonds is 38. The van der Waals surface area contributed by atoms with Gasteiger partial charge in [0.25, 0.3) is 0 Å². The van der Waals surface area contributed by atoms with Gasteiger partial charge in [0.15, 0.2) is 44.0 Å². The van der Waals surface area contributed by atoms with Crippen molar-refractivity contribution in [1.82, 2.24) is 16.0 Å². The highest BCUT2D eigenvalue weighted by atomic mass is 16.8. The van der Waals surface area contributed by atoms with Crippen molar-refractivity contribution in [3.63, 3.8) is 0 Å². The van der Waals surface area contributed by atoms with Crippen molar-refractivity contribution in [2.75, 3.05) is 46.2 Å². The quantitative estimate of drug-likeness (QED) is 0.0202. The number of ether oxygens (including phenoxy) is 14. The molecular weight excluding hydrogens is 1430 g/mol. The Labute approximate surface area is 611 Å². The van der Waals surface area contributed by atoms with Crippen LogP contribution in [0.3, 0.4) is 0 Å². The van der Waals surface area contributed by atoms with Crippen LogP contribution in [0.2, 0.25) is 0 Å². The highest BCUT2D eigenvalue weighted by Crippen LogP contribution is 2.39. The van der Waals surface area contributed by atoms with Gasteiger partial charge in [-0.1, -0.05) is 83.3 Å². The Kier molecular flexibility index (Phi) is 36.6. The molecule has 40 nitrogen and oxygen atoms in total. The van der Waals surface area contributed by atoms with Gasteiger partial charge in [0.05, 0.1) is 64.5 Å². The van der Waals surface area contributed by atoms with Crippen molar-refractivity contribution < 1.29 is 183 Å². The van der Waals surface area contributed by atoms with Crippen LogP contribution in [0.25, 0.3) is 0 Å². The third kappa shape index (κ3) is 23.0. The Hall–Kier alpha value is -3.21. The third-order valence-electron chi connectivity index (χ3n) is 19.8. The molecule has 0 spiro atoms. The summed E-state index contributed by atoms with van der Waals surface area (Å²) < 4.78 is 82.2. The Morgan fingerprint density at radius 3 is 1.17 bits per heavy atom. The van der Waals surface area contributed by atoms with Crippen LogP contribution in [0.1, 0.15) is 112 Å². The summed E-state index contributed by atoms with van der Waals surface area (Å²) in [7, 11) is 0. The maximum atomic E-state index is 12.9. The zero-order chi connectivity index (χ0) is 78.0. The summed E-state index contributed by atoms with van der Waals surface area (Å²) in [5, 5.41) is 229. The first kappa shape index (κ1) is 90.0. The average molecular weight is 1540 g/mol. The van der Waals surface area contributed by atoms with E-state index in [4.69, 9.17) is 66.3 Å². The number of carbonyl (C=O) groups is 3. The number of aliphatic hydroxyl groups is 20. The lowest BCUT2D eigenvalue weighted by molar-refractivity contribution is -0.392. The van der Waals surface area contributed by atoms with E-state index < -0.39 is 291 Å². The summed E-state index contributed by atoms with van der Waals surface area (Å²) in [6.07, 6.45) is -48.1. The van der Waals surface area contributed by atoms with E-state index in [1.165, 1.54) is 64.9 Å². The topological polar surface area (TPSA) is 621 Å². The van der Waals surface area contributed by atoms with Crippen LogP contribution in [0.15, 0.2) is 12.2 Å². The fraction of sp³-hybridized carbons (Fsp3) is 0.924. The largest absolute Gasteiger partial charge is 0.394 e. The van der Waals surface area contributed by atoms with E-state index in [2.05, 4.69) is 22.9 Å². The molecule has 3 amide bonds. The van der Waals surface area contributed by atoms with Crippen LogP contribution in [-0.4, -0.2) is 393 Å². The molecule has 7 fully saturated rings. The lowest BCUT2D eigenvalue weighted by Gasteiger charge is -2.51. The maximum absolute atomic E-state index is 12.9. The molecule has 23 N–H and O–H groups in total. The first-order chi connectivity index (χ1) is 50.5. The van der Waals surface area contributed by atoms with Crippen molar-refractivity contribution in [2.24, 2.45) is 0 Å². The van der Waals surface area contributed by atoms with Gasteiger partial charge in [-0.2, -0.15) is 0 Å². The van der Waals surface area contributed by atoms with Gasteiger partial charge < -0.3 is 184 Å². The number of hydrogen-bond donors (Lipinski definition) is 23. The number of allylic oxidation sites excluding steroid dienone is 1. The second-order valence-electron chi connectivity index (χ2n) is 27.9. The SMILES string of the molecule is CCCCCCCCCCCCC/C=C\[C@@H](O)[C@H](CO[C@@H]1O[C@H](CO)[C@@H](O[C@@H]2O[C@H](CO)[C@H](O)[C@H](O[C@@H]3O[C@H](CO)[C@@H](O[C@@H]4O[C@H](CO)[C@H](O)[C@H](O[C@@H]5O[C@H](CO)[C@@H](O[C@@H]6O[C@H](CO)[C@H](O)[C@H](O)[C@H]6O[C@@H]6O[C@@H](C)[C@@H](O)[C@@H](O)[C@@H]6O)[C@H](O)[C@H]5NC(C)=O)[C@H]4O)[C@H](O)[C@H]3NC(C)=O)[C@H]2O)[C@H](O)[C@H]1O)NC(C)=O. The highest BCUT2D eigenvalue weighted by Gasteiger charge is 2.59. The van der Waals surface area contributed by atoms with Gasteiger partial charge in [-0.25, -0.2) is 0 Å². The van der Waals surface area contributed by atoms with Gasteiger partial charge in [-0.05, 0) is 19.8 Å². The molecule has 7 heterocycles. The van der Waals surface area contributed by atoms with E-state index >= 15 is 0 Å². The molecule has 0 saturated carbocycles. The smallest absolute Gasteiger partial charge is 0.217 e. The van der Waals surface area contributed by atoms with Crippen LogP contribution in [0.5, 0.6) is 0 Å². The van der Waals surface area contributed by atoms with Crippen molar-refractivity contribution in [3.05, 3.63) is 12.2 Å². The van der Waals surface area contributed by atoms with Gasteiger partial charge in [-0.3, -0.25) is 14.4 Å². The molecule has 0 radical (unpaired) electrons. The van der Waals surface area contributed by atoms with Gasteiger partial charge in [0.2, 0.25) is 17.7 Å². The zero-order valence-electron chi connectivity index (χ0n) is 59.8. The summed E-state index contributed by atoms with van der Waals surface area (Å²) in [6.45, 7) is -0.00230. The van der Waals surface area contributed by atoms with E-state index in [-0.39, 0.29) is 0 Å².